The number of hydrogen-bond donors (Lipinski definition) is 7. The van der Waals surface area contributed by atoms with E-state index in [0.29, 0.717) is 78.1 Å². The summed E-state index contributed by atoms with van der Waals surface area (Å²) in [6, 6.07) is 12.9. The standard InChI is InChI=1S/C35H41N7O7S/c1-2-14-42(31(45)19-40-33(46)27(36)5-3-13-39-35(37)38)15-4-6-30(50)41-20-7-10-23(26(16-20)34(47)48)32-24-11-8-21(43)17-28(24)49-29-18-22(44)9-12-25(29)32/h7-12,16-18,27,43H,2-6,13-15,19,36H2,1H3,(H,40,46)(H,41,50)(H,47,48)(H4,37,38,39). The zero-order valence-corrected chi connectivity index (χ0v) is 28.4. The zero-order valence-electron chi connectivity index (χ0n) is 27.6. The molecule has 15 heteroatoms. The molecule has 4 rings (SSSR count). The molecular weight excluding hydrogens is 662 g/mol. The Morgan fingerprint density at radius 1 is 1.02 bits per heavy atom. The number of nitrogens with one attached hydrogen (secondary N) is 2. The minimum absolute atomic E-state index is 0.0129. The van der Waals surface area contributed by atoms with Gasteiger partial charge in [-0.2, -0.15) is 0 Å². The second-order valence-corrected chi connectivity index (χ2v) is 12.2. The average Bonchev–Trinajstić information content (AvgIpc) is 3.07. The number of nitrogens with zero attached hydrogens (tertiary/aromatic N) is 2. The summed E-state index contributed by atoms with van der Waals surface area (Å²) in [5, 5.41) is 26.5. The summed E-state index contributed by atoms with van der Waals surface area (Å²) in [5.41, 5.74) is 18.4. The molecule has 0 aromatic heterocycles. The Balaban J connectivity index is 1.40. The van der Waals surface area contributed by atoms with Crippen LogP contribution in [0.4, 0.5) is 5.69 Å². The maximum Gasteiger partial charge on any atom is 0.336 e. The number of guanidine groups is 1. The van der Waals surface area contributed by atoms with Gasteiger partial charge in [-0.15, -0.1) is 0 Å². The Bertz CT molecular complexity index is 1940. The van der Waals surface area contributed by atoms with Crippen LogP contribution in [0.5, 0.6) is 5.75 Å². The SMILES string of the molecule is CCCN(CCCC(=S)Nc1ccc(-c2c3ccc(=O)cc-3oc3cc(O)ccc23)c(C(=O)O)c1)C(=O)CNC(=O)C(N)CCCN=C(N)N. The third-order valence-electron chi connectivity index (χ3n) is 7.88. The Labute approximate surface area is 293 Å². The summed E-state index contributed by atoms with van der Waals surface area (Å²) >= 11 is 5.56. The smallest absolute Gasteiger partial charge is 0.336 e. The zero-order chi connectivity index (χ0) is 36.4. The summed E-state index contributed by atoms with van der Waals surface area (Å²) in [4.78, 5) is 55.9. The van der Waals surface area contributed by atoms with Crippen LogP contribution < -0.4 is 33.3 Å². The molecule has 2 aromatic carbocycles. The van der Waals surface area contributed by atoms with Crippen molar-refractivity contribution >= 4 is 57.6 Å². The topological polar surface area (TPSA) is 240 Å². The van der Waals surface area contributed by atoms with E-state index in [2.05, 4.69) is 15.6 Å². The van der Waals surface area contributed by atoms with Gasteiger partial charge < -0.3 is 47.4 Å². The van der Waals surface area contributed by atoms with Gasteiger partial charge in [0.25, 0.3) is 0 Å². The number of phenols is 1. The van der Waals surface area contributed by atoms with Crippen molar-refractivity contribution in [2.75, 3.05) is 31.5 Å². The van der Waals surface area contributed by atoms with Crippen molar-refractivity contribution < 1.29 is 29.0 Å². The molecule has 1 atom stereocenters. The van der Waals surface area contributed by atoms with Crippen molar-refractivity contribution in [3.8, 4) is 28.2 Å². The fourth-order valence-corrected chi connectivity index (χ4v) is 5.77. The molecule has 0 spiro atoms. The number of phenolic OH excluding ortho intramolecular Hbond substituents is 1. The predicted octanol–water partition coefficient (Wildman–Crippen LogP) is 3.22. The first-order chi connectivity index (χ1) is 23.9. The van der Waals surface area contributed by atoms with Gasteiger partial charge >= 0.3 is 5.97 Å². The average molecular weight is 704 g/mol. The molecule has 264 valence electrons. The number of hydrogen-bond acceptors (Lipinski definition) is 9. The normalized spacial score (nSPS) is 11.6. The number of amides is 2. The molecule has 0 saturated carbocycles. The van der Waals surface area contributed by atoms with E-state index in [-0.39, 0.29) is 46.5 Å². The number of thiocarbonyl (C=S) groups is 1. The van der Waals surface area contributed by atoms with E-state index in [4.69, 9.17) is 33.8 Å². The van der Waals surface area contributed by atoms with E-state index in [1.165, 1.54) is 30.3 Å². The van der Waals surface area contributed by atoms with Crippen molar-refractivity contribution in [3.63, 3.8) is 0 Å². The number of carboxylic acids is 1. The first-order valence-corrected chi connectivity index (χ1v) is 16.5. The largest absolute Gasteiger partial charge is 0.508 e. The van der Waals surface area contributed by atoms with E-state index in [9.17, 15) is 29.4 Å². The number of nitrogens with two attached hydrogens (primary N) is 3. The van der Waals surface area contributed by atoms with Gasteiger partial charge in [0.2, 0.25) is 11.8 Å². The van der Waals surface area contributed by atoms with Crippen LogP contribution in [0.15, 0.2) is 68.8 Å². The Morgan fingerprint density at radius 3 is 2.50 bits per heavy atom. The van der Waals surface area contributed by atoms with Crippen molar-refractivity contribution in [2.45, 2.75) is 45.1 Å². The van der Waals surface area contributed by atoms with Crippen molar-refractivity contribution in [1.29, 1.82) is 0 Å². The summed E-state index contributed by atoms with van der Waals surface area (Å²) in [7, 11) is 0. The Kier molecular flexibility index (Phi) is 12.8. The highest BCUT2D eigenvalue weighted by molar-refractivity contribution is 7.80. The van der Waals surface area contributed by atoms with Crippen molar-refractivity contribution in [3.05, 3.63) is 70.4 Å². The van der Waals surface area contributed by atoms with E-state index >= 15 is 0 Å². The second kappa shape index (κ2) is 17.2. The van der Waals surface area contributed by atoms with Gasteiger partial charge in [-0.1, -0.05) is 25.2 Å². The number of aromatic carboxylic acids is 1. The van der Waals surface area contributed by atoms with Gasteiger partial charge in [-0.05, 0) is 74.1 Å². The fourth-order valence-electron chi connectivity index (χ4n) is 5.51. The molecule has 0 bridgehead atoms. The number of rotatable bonds is 16. The van der Waals surface area contributed by atoms with Crippen molar-refractivity contribution in [2.24, 2.45) is 22.2 Å². The number of anilines is 1. The van der Waals surface area contributed by atoms with E-state index in [0.717, 1.165) is 6.42 Å². The highest BCUT2D eigenvalue weighted by Crippen LogP contribution is 2.42. The van der Waals surface area contributed by atoms with Crippen LogP contribution in [0, 0.1) is 0 Å². The number of carboxylic acid groups (broad SMARTS) is 1. The van der Waals surface area contributed by atoms with Gasteiger partial charge in [0, 0.05) is 54.0 Å². The summed E-state index contributed by atoms with van der Waals surface area (Å²) in [6.07, 6.45) is 2.54. The third kappa shape index (κ3) is 9.76. The minimum atomic E-state index is -1.18. The summed E-state index contributed by atoms with van der Waals surface area (Å²) in [6.45, 7) is 3.00. The number of carbonyl (C=O) groups excluding carboxylic acids is 2. The molecule has 2 aromatic rings. The lowest BCUT2D eigenvalue weighted by Crippen LogP contribution is -2.46. The lowest BCUT2D eigenvalue weighted by molar-refractivity contribution is -0.133. The molecule has 10 N–H and O–H groups in total. The predicted molar refractivity (Wildman–Crippen MR) is 196 cm³/mol. The number of benzene rings is 3. The van der Waals surface area contributed by atoms with Gasteiger partial charge in [0.15, 0.2) is 11.4 Å². The first kappa shape index (κ1) is 37.3. The molecule has 1 aliphatic heterocycles. The number of carbonyl (C=O) groups is 3. The van der Waals surface area contributed by atoms with Crippen LogP contribution in [-0.4, -0.2) is 76.1 Å². The third-order valence-corrected chi connectivity index (χ3v) is 8.18. The highest BCUT2D eigenvalue weighted by atomic mass is 32.1. The first-order valence-electron chi connectivity index (χ1n) is 16.1. The van der Waals surface area contributed by atoms with Gasteiger partial charge in [0.1, 0.15) is 17.1 Å². The van der Waals surface area contributed by atoms with Gasteiger partial charge in [0.05, 0.1) is 23.1 Å². The minimum Gasteiger partial charge on any atom is -0.508 e. The van der Waals surface area contributed by atoms with Crippen LogP contribution in [0.2, 0.25) is 0 Å². The maximum atomic E-state index is 12.9. The molecule has 1 aliphatic carbocycles. The molecule has 2 aliphatic rings. The molecule has 0 saturated heterocycles. The number of fused-ring (bicyclic) bond motifs is 2. The maximum absolute atomic E-state index is 12.9. The Hall–Kier alpha value is -5.54. The van der Waals surface area contributed by atoms with Gasteiger partial charge in [-0.25, -0.2) is 4.79 Å². The quantitative estimate of drug-likeness (QED) is 0.0293. The van der Waals surface area contributed by atoms with Crippen LogP contribution in [0.1, 0.15) is 49.4 Å². The summed E-state index contributed by atoms with van der Waals surface area (Å²) < 4.78 is 5.89. The molecular formula is C35H41N7O7S. The molecule has 0 fully saturated rings. The lowest BCUT2D eigenvalue weighted by atomic mass is 9.90. The fraction of sp³-hybridized carbons (Fsp3) is 0.314. The van der Waals surface area contributed by atoms with Crippen molar-refractivity contribution in [1.82, 2.24) is 10.2 Å². The molecule has 2 amide bonds. The van der Waals surface area contributed by atoms with E-state index in [1.807, 2.05) is 6.92 Å². The molecule has 1 heterocycles. The van der Waals surface area contributed by atoms with E-state index < -0.39 is 17.9 Å². The van der Waals surface area contributed by atoms with Crippen LogP contribution in [-0.2, 0) is 9.59 Å². The second-order valence-electron chi connectivity index (χ2n) is 11.7. The number of aliphatic imine (C=N–C) groups is 1. The lowest BCUT2D eigenvalue weighted by Gasteiger charge is -2.23. The van der Waals surface area contributed by atoms with Crippen LogP contribution >= 0.6 is 12.2 Å². The van der Waals surface area contributed by atoms with Crippen LogP contribution in [0.3, 0.4) is 0 Å². The monoisotopic (exact) mass is 703 g/mol. The van der Waals surface area contributed by atoms with Gasteiger partial charge in [-0.3, -0.25) is 19.4 Å². The van der Waals surface area contributed by atoms with E-state index in [1.54, 1.807) is 29.2 Å². The summed E-state index contributed by atoms with van der Waals surface area (Å²) in [5.74, 6) is -1.68. The molecule has 1 unspecified atom stereocenters. The molecule has 0 radical (unpaired) electrons. The highest BCUT2D eigenvalue weighted by Gasteiger charge is 2.23. The molecule has 50 heavy (non-hydrogen) atoms. The number of aromatic hydroxyl groups is 1. The Morgan fingerprint density at radius 2 is 1.78 bits per heavy atom. The molecule has 14 nitrogen and oxygen atoms in total. The van der Waals surface area contributed by atoms with Crippen LogP contribution in [0.25, 0.3) is 33.4 Å².